The van der Waals surface area contributed by atoms with Gasteiger partial charge in [0.2, 0.25) is 5.91 Å². The number of anilines is 1. The zero-order chi connectivity index (χ0) is 17.8. The predicted octanol–water partition coefficient (Wildman–Crippen LogP) is 2.35. The number of rotatable bonds is 6. The van der Waals surface area contributed by atoms with Crippen LogP contribution in [-0.2, 0) is 4.79 Å². The molecule has 1 aromatic heterocycles. The third-order valence-corrected chi connectivity index (χ3v) is 4.54. The average Bonchev–Trinajstić information content (AvgIpc) is 3.23. The highest BCUT2D eigenvalue weighted by molar-refractivity contribution is 7.08. The van der Waals surface area contributed by atoms with Crippen molar-refractivity contribution in [2.75, 3.05) is 18.9 Å². The fraction of sp³-hybridized carbons (Fsp3) is 0.278. The molecule has 2 N–H and O–H groups in total. The molecule has 3 amide bonds. The SMILES string of the molecule is CN(CC(=O)NC1CC1)C(=O)c1ccccc1NC(=O)c1ccsc1. The van der Waals surface area contributed by atoms with E-state index in [4.69, 9.17) is 0 Å². The molecule has 0 aliphatic heterocycles. The zero-order valence-corrected chi connectivity index (χ0v) is 14.6. The van der Waals surface area contributed by atoms with E-state index in [0.29, 0.717) is 16.8 Å². The number of carbonyl (C=O) groups excluding carboxylic acids is 3. The minimum Gasteiger partial charge on any atom is -0.352 e. The van der Waals surface area contributed by atoms with Crippen molar-refractivity contribution < 1.29 is 14.4 Å². The summed E-state index contributed by atoms with van der Waals surface area (Å²) in [6.07, 6.45) is 2.00. The fourth-order valence-electron chi connectivity index (χ4n) is 2.36. The van der Waals surface area contributed by atoms with E-state index in [9.17, 15) is 14.4 Å². The third kappa shape index (κ3) is 4.45. The van der Waals surface area contributed by atoms with E-state index in [1.807, 2.05) is 5.38 Å². The molecule has 0 radical (unpaired) electrons. The Bertz CT molecular complexity index is 785. The van der Waals surface area contributed by atoms with Gasteiger partial charge in [0.15, 0.2) is 0 Å². The first-order chi connectivity index (χ1) is 12.0. The number of amides is 3. The van der Waals surface area contributed by atoms with Crippen LogP contribution in [0.5, 0.6) is 0 Å². The number of carbonyl (C=O) groups is 3. The maximum atomic E-state index is 12.7. The van der Waals surface area contributed by atoms with Crippen molar-refractivity contribution in [2.24, 2.45) is 0 Å². The van der Waals surface area contributed by atoms with Gasteiger partial charge in [0, 0.05) is 18.5 Å². The Labute approximate surface area is 149 Å². The second kappa shape index (κ2) is 7.48. The van der Waals surface area contributed by atoms with Gasteiger partial charge >= 0.3 is 0 Å². The molecule has 0 atom stereocenters. The molecule has 1 fully saturated rings. The summed E-state index contributed by atoms with van der Waals surface area (Å²) in [7, 11) is 1.58. The molecule has 1 aromatic carbocycles. The number of nitrogens with one attached hydrogen (secondary N) is 2. The number of hydrogen-bond donors (Lipinski definition) is 2. The number of para-hydroxylation sites is 1. The van der Waals surface area contributed by atoms with E-state index in [0.717, 1.165) is 12.8 Å². The van der Waals surface area contributed by atoms with Gasteiger partial charge in [0.25, 0.3) is 11.8 Å². The van der Waals surface area contributed by atoms with Crippen LogP contribution in [0.2, 0.25) is 0 Å². The quantitative estimate of drug-likeness (QED) is 0.833. The van der Waals surface area contributed by atoms with Gasteiger partial charge in [0.05, 0.1) is 23.4 Å². The summed E-state index contributed by atoms with van der Waals surface area (Å²) in [6, 6.07) is 8.77. The number of nitrogens with zero attached hydrogens (tertiary/aromatic N) is 1. The Morgan fingerprint density at radius 1 is 1.20 bits per heavy atom. The van der Waals surface area contributed by atoms with Crippen LogP contribution in [0.4, 0.5) is 5.69 Å². The minimum atomic E-state index is -0.313. The molecule has 130 valence electrons. The van der Waals surface area contributed by atoms with Crippen molar-refractivity contribution in [2.45, 2.75) is 18.9 Å². The summed E-state index contributed by atoms with van der Waals surface area (Å²) in [6.45, 7) is -0.0118. The van der Waals surface area contributed by atoms with Crippen LogP contribution in [0.3, 0.4) is 0 Å². The van der Waals surface area contributed by atoms with Crippen LogP contribution < -0.4 is 10.6 Å². The van der Waals surface area contributed by atoms with Gasteiger partial charge in [-0.1, -0.05) is 12.1 Å². The second-order valence-corrected chi connectivity index (χ2v) is 6.79. The lowest BCUT2D eigenvalue weighted by Crippen LogP contribution is -2.39. The van der Waals surface area contributed by atoms with Crippen molar-refractivity contribution >= 4 is 34.7 Å². The third-order valence-electron chi connectivity index (χ3n) is 3.86. The molecule has 0 bridgehead atoms. The topological polar surface area (TPSA) is 78.5 Å². The Hall–Kier alpha value is -2.67. The summed E-state index contributed by atoms with van der Waals surface area (Å²) < 4.78 is 0. The van der Waals surface area contributed by atoms with Gasteiger partial charge in [-0.2, -0.15) is 11.3 Å². The number of thiophene rings is 1. The number of benzene rings is 1. The highest BCUT2D eigenvalue weighted by Crippen LogP contribution is 2.20. The fourth-order valence-corrected chi connectivity index (χ4v) is 3.00. The van der Waals surface area contributed by atoms with Gasteiger partial charge in [0.1, 0.15) is 0 Å². The zero-order valence-electron chi connectivity index (χ0n) is 13.8. The molecule has 0 saturated heterocycles. The van der Waals surface area contributed by atoms with Crippen LogP contribution in [0.1, 0.15) is 33.6 Å². The molecule has 1 heterocycles. The maximum Gasteiger partial charge on any atom is 0.256 e. The molecule has 2 aromatic rings. The number of hydrogen-bond acceptors (Lipinski definition) is 4. The molecule has 3 rings (SSSR count). The van der Waals surface area contributed by atoms with Crippen LogP contribution in [0, 0.1) is 0 Å². The average molecular weight is 357 g/mol. The molecular formula is C18H19N3O3S. The van der Waals surface area contributed by atoms with Crippen LogP contribution in [0.25, 0.3) is 0 Å². The Balaban J connectivity index is 1.69. The van der Waals surface area contributed by atoms with Crippen molar-refractivity contribution in [1.82, 2.24) is 10.2 Å². The van der Waals surface area contributed by atoms with Gasteiger partial charge < -0.3 is 15.5 Å². The largest absolute Gasteiger partial charge is 0.352 e. The summed E-state index contributed by atoms with van der Waals surface area (Å²) in [5.41, 5.74) is 1.33. The van der Waals surface area contributed by atoms with Crippen LogP contribution >= 0.6 is 11.3 Å². The van der Waals surface area contributed by atoms with E-state index < -0.39 is 0 Å². The van der Waals surface area contributed by atoms with Crippen molar-refractivity contribution in [3.63, 3.8) is 0 Å². The van der Waals surface area contributed by atoms with Gasteiger partial charge in [-0.25, -0.2) is 0 Å². The second-order valence-electron chi connectivity index (χ2n) is 6.01. The Morgan fingerprint density at radius 3 is 2.64 bits per heavy atom. The maximum absolute atomic E-state index is 12.7. The first-order valence-corrected chi connectivity index (χ1v) is 8.96. The molecule has 7 heteroatoms. The summed E-state index contributed by atoms with van der Waals surface area (Å²) in [4.78, 5) is 38.1. The van der Waals surface area contributed by atoms with Crippen LogP contribution in [-0.4, -0.2) is 42.3 Å². The first kappa shape index (κ1) is 17.2. The smallest absolute Gasteiger partial charge is 0.256 e. The molecule has 1 aliphatic rings. The van der Waals surface area contributed by atoms with Crippen molar-refractivity contribution in [1.29, 1.82) is 0 Å². The first-order valence-electron chi connectivity index (χ1n) is 8.02. The van der Waals surface area contributed by atoms with Crippen molar-refractivity contribution in [3.8, 4) is 0 Å². The monoisotopic (exact) mass is 357 g/mol. The highest BCUT2D eigenvalue weighted by Gasteiger charge is 2.25. The molecule has 1 saturated carbocycles. The van der Waals surface area contributed by atoms with E-state index in [2.05, 4.69) is 10.6 Å². The standard InChI is InChI=1S/C18H19N3O3S/c1-21(10-16(22)19-13-6-7-13)18(24)14-4-2-3-5-15(14)20-17(23)12-8-9-25-11-12/h2-5,8-9,11,13H,6-7,10H2,1H3,(H,19,22)(H,20,23). The van der Waals surface area contributed by atoms with Crippen LogP contribution in [0.15, 0.2) is 41.1 Å². The molecular weight excluding hydrogens is 338 g/mol. The highest BCUT2D eigenvalue weighted by atomic mass is 32.1. The summed E-state index contributed by atoms with van der Waals surface area (Å²) in [5.74, 6) is -0.749. The van der Waals surface area contributed by atoms with Gasteiger partial charge in [-0.05, 0) is 36.4 Å². The van der Waals surface area contributed by atoms with Crippen molar-refractivity contribution in [3.05, 3.63) is 52.2 Å². The normalized spacial score (nSPS) is 13.2. The van der Waals surface area contributed by atoms with Gasteiger partial charge in [-0.15, -0.1) is 0 Å². The Kier molecular flexibility index (Phi) is 5.14. The lowest BCUT2D eigenvalue weighted by molar-refractivity contribution is -0.121. The summed E-state index contributed by atoms with van der Waals surface area (Å²) in [5, 5.41) is 9.18. The Morgan fingerprint density at radius 2 is 1.96 bits per heavy atom. The van der Waals surface area contributed by atoms with Gasteiger partial charge in [-0.3, -0.25) is 14.4 Å². The molecule has 0 spiro atoms. The van der Waals surface area contributed by atoms with E-state index in [1.165, 1.54) is 16.2 Å². The molecule has 0 unspecified atom stereocenters. The minimum absolute atomic E-state index is 0.0118. The summed E-state index contributed by atoms with van der Waals surface area (Å²) >= 11 is 1.43. The van der Waals surface area contributed by atoms with E-state index in [1.54, 1.807) is 42.8 Å². The predicted molar refractivity (Wildman–Crippen MR) is 96.8 cm³/mol. The molecule has 1 aliphatic carbocycles. The van der Waals surface area contributed by atoms with E-state index >= 15 is 0 Å². The number of likely N-dealkylation sites (N-methyl/N-ethyl adjacent to an activating group) is 1. The molecule has 6 nitrogen and oxygen atoms in total. The van der Waals surface area contributed by atoms with E-state index in [-0.39, 0.29) is 30.3 Å². The lowest BCUT2D eigenvalue weighted by Gasteiger charge is -2.19. The lowest BCUT2D eigenvalue weighted by atomic mass is 10.1. The molecule has 25 heavy (non-hydrogen) atoms.